The predicted molar refractivity (Wildman–Crippen MR) is 85.9 cm³/mol. The van der Waals surface area contributed by atoms with Crippen LogP contribution in [0.1, 0.15) is 44.0 Å². The second kappa shape index (κ2) is 6.66. The van der Waals surface area contributed by atoms with Gasteiger partial charge in [-0.1, -0.05) is 0 Å². The summed E-state index contributed by atoms with van der Waals surface area (Å²) in [6.45, 7) is 6.01. The fourth-order valence-corrected chi connectivity index (χ4v) is 2.73. The minimum atomic E-state index is -1.06. The van der Waals surface area contributed by atoms with E-state index in [9.17, 15) is 19.1 Å². The summed E-state index contributed by atoms with van der Waals surface area (Å²) in [5.41, 5.74) is -0.602. The zero-order chi connectivity index (χ0) is 17.2. The highest BCUT2D eigenvalue weighted by Gasteiger charge is 2.27. The van der Waals surface area contributed by atoms with Crippen LogP contribution < -0.4 is 4.90 Å². The number of benzene rings is 1. The summed E-state index contributed by atoms with van der Waals surface area (Å²) in [5.74, 6) is -1.13. The summed E-state index contributed by atoms with van der Waals surface area (Å²) >= 11 is 0. The van der Waals surface area contributed by atoms with Crippen molar-refractivity contribution in [2.24, 2.45) is 0 Å². The van der Waals surface area contributed by atoms with Gasteiger partial charge in [0.1, 0.15) is 5.82 Å². The van der Waals surface area contributed by atoms with Gasteiger partial charge in [0.05, 0.1) is 11.2 Å². The molecule has 126 valence electrons. The van der Waals surface area contributed by atoms with Crippen molar-refractivity contribution < 1.29 is 19.1 Å². The van der Waals surface area contributed by atoms with Gasteiger partial charge in [-0.05, 0) is 45.4 Å². The van der Waals surface area contributed by atoms with Crippen LogP contribution in [-0.4, -0.2) is 47.1 Å². The molecule has 1 aromatic carbocycles. The maximum Gasteiger partial charge on any atom is 0.256 e. The summed E-state index contributed by atoms with van der Waals surface area (Å²) in [6.07, 6.45) is 1.24. The minimum Gasteiger partial charge on any atom is -0.389 e. The Labute approximate surface area is 135 Å². The average molecular weight is 322 g/mol. The van der Waals surface area contributed by atoms with E-state index in [2.05, 4.69) is 0 Å². The number of hydrogen-bond donors (Lipinski definition) is 1. The number of hydrogen-bond acceptors (Lipinski definition) is 3. The first-order valence-electron chi connectivity index (χ1n) is 7.84. The summed E-state index contributed by atoms with van der Waals surface area (Å²) < 4.78 is 14.1. The number of carbonyl (C=O) groups is 2. The van der Waals surface area contributed by atoms with E-state index in [1.54, 1.807) is 25.7 Å². The molecule has 0 aromatic heterocycles. The third kappa shape index (κ3) is 4.07. The molecule has 0 atom stereocenters. The van der Waals surface area contributed by atoms with Gasteiger partial charge in [-0.25, -0.2) is 4.39 Å². The molecule has 1 aliphatic heterocycles. The first kappa shape index (κ1) is 17.4. The van der Waals surface area contributed by atoms with Crippen molar-refractivity contribution in [3.8, 4) is 0 Å². The molecule has 0 aliphatic carbocycles. The Morgan fingerprint density at radius 3 is 2.65 bits per heavy atom. The molecular formula is C17H23FN2O3. The van der Waals surface area contributed by atoms with E-state index in [-0.39, 0.29) is 18.0 Å². The van der Waals surface area contributed by atoms with Crippen molar-refractivity contribution in [3.05, 3.63) is 29.6 Å². The smallest absolute Gasteiger partial charge is 0.256 e. The van der Waals surface area contributed by atoms with Gasteiger partial charge in [-0.3, -0.25) is 9.59 Å². The Balaban J connectivity index is 2.30. The lowest BCUT2D eigenvalue weighted by atomic mass is 10.1. The number of rotatable bonds is 5. The second-order valence-corrected chi connectivity index (χ2v) is 6.44. The van der Waals surface area contributed by atoms with E-state index in [1.807, 2.05) is 0 Å². The summed E-state index contributed by atoms with van der Waals surface area (Å²) in [7, 11) is 0. The van der Waals surface area contributed by atoms with Crippen LogP contribution in [-0.2, 0) is 4.79 Å². The molecule has 0 radical (unpaired) electrons. The molecule has 5 nitrogen and oxygen atoms in total. The van der Waals surface area contributed by atoms with E-state index in [4.69, 9.17) is 0 Å². The van der Waals surface area contributed by atoms with Crippen LogP contribution in [0.15, 0.2) is 18.2 Å². The Kier molecular flexibility index (Phi) is 5.04. The fourth-order valence-electron chi connectivity index (χ4n) is 2.73. The number of aliphatic hydroxyl groups is 1. The molecule has 0 bridgehead atoms. The van der Waals surface area contributed by atoms with E-state index >= 15 is 0 Å². The van der Waals surface area contributed by atoms with Crippen LogP contribution in [0.4, 0.5) is 10.1 Å². The maximum atomic E-state index is 14.1. The number of carbonyl (C=O) groups excluding carboxylic acids is 2. The lowest BCUT2D eigenvalue weighted by Gasteiger charge is -2.28. The molecule has 1 fully saturated rings. The molecule has 0 unspecified atom stereocenters. The SMILES string of the molecule is CCN(CC(C)(C)O)C(=O)c1cc(N2CCCC2=O)ccc1F. The highest BCUT2D eigenvalue weighted by molar-refractivity contribution is 5.99. The molecule has 1 heterocycles. The maximum absolute atomic E-state index is 14.1. The Morgan fingerprint density at radius 1 is 1.43 bits per heavy atom. The molecule has 2 rings (SSSR count). The van der Waals surface area contributed by atoms with Gasteiger partial charge in [0.2, 0.25) is 5.91 Å². The molecule has 0 saturated carbocycles. The number of nitrogens with zero attached hydrogens (tertiary/aromatic N) is 2. The largest absolute Gasteiger partial charge is 0.389 e. The molecular weight excluding hydrogens is 299 g/mol. The van der Waals surface area contributed by atoms with E-state index in [0.717, 1.165) is 6.42 Å². The number of halogens is 1. The minimum absolute atomic E-state index is 0.0150. The first-order valence-corrected chi connectivity index (χ1v) is 7.84. The van der Waals surface area contributed by atoms with Gasteiger partial charge in [0.25, 0.3) is 5.91 Å². The van der Waals surface area contributed by atoms with Crippen molar-refractivity contribution in [2.45, 2.75) is 39.2 Å². The van der Waals surface area contributed by atoms with Gasteiger partial charge in [0.15, 0.2) is 0 Å². The molecule has 1 aliphatic rings. The number of anilines is 1. The Morgan fingerprint density at radius 2 is 2.13 bits per heavy atom. The molecule has 1 aromatic rings. The predicted octanol–water partition coefficient (Wildman–Crippen LogP) is 2.19. The van der Waals surface area contributed by atoms with Gasteiger partial charge in [-0.15, -0.1) is 0 Å². The first-order chi connectivity index (χ1) is 10.7. The average Bonchev–Trinajstić information content (AvgIpc) is 2.90. The van der Waals surface area contributed by atoms with Crippen LogP contribution in [0.25, 0.3) is 0 Å². The highest BCUT2D eigenvalue weighted by atomic mass is 19.1. The number of amides is 2. The fraction of sp³-hybridized carbons (Fsp3) is 0.529. The van der Waals surface area contributed by atoms with Crippen molar-refractivity contribution in [1.82, 2.24) is 4.90 Å². The normalized spacial score (nSPS) is 15.2. The summed E-state index contributed by atoms with van der Waals surface area (Å²) in [5, 5.41) is 9.91. The Hall–Kier alpha value is -1.95. The van der Waals surface area contributed by atoms with Crippen molar-refractivity contribution in [3.63, 3.8) is 0 Å². The summed E-state index contributed by atoms with van der Waals surface area (Å²) in [6, 6.07) is 4.15. The molecule has 1 N–H and O–H groups in total. The van der Waals surface area contributed by atoms with Gasteiger partial charge < -0.3 is 14.9 Å². The topological polar surface area (TPSA) is 60.9 Å². The lowest BCUT2D eigenvalue weighted by molar-refractivity contribution is -0.117. The van der Waals surface area contributed by atoms with Crippen molar-refractivity contribution >= 4 is 17.5 Å². The van der Waals surface area contributed by atoms with Crippen LogP contribution in [0.3, 0.4) is 0 Å². The van der Waals surface area contributed by atoms with Crippen molar-refractivity contribution in [1.29, 1.82) is 0 Å². The van der Waals surface area contributed by atoms with Crippen LogP contribution in [0.5, 0.6) is 0 Å². The van der Waals surface area contributed by atoms with E-state index < -0.39 is 17.3 Å². The van der Waals surface area contributed by atoms with Gasteiger partial charge >= 0.3 is 0 Å². The lowest BCUT2D eigenvalue weighted by Crippen LogP contribution is -2.42. The summed E-state index contributed by atoms with van der Waals surface area (Å²) in [4.78, 5) is 27.4. The third-order valence-electron chi connectivity index (χ3n) is 3.81. The zero-order valence-corrected chi connectivity index (χ0v) is 13.8. The molecule has 1 saturated heterocycles. The van der Waals surface area contributed by atoms with E-state index in [0.29, 0.717) is 25.2 Å². The van der Waals surface area contributed by atoms with Crippen LogP contribution in [0, 0.1) is 5.82 Å². The number of likely N-dealkylation sites (N-methyl/N-ethyl adjacent to an activating group) is 1. The van der Waals surface area contributed by atoms with Gasteiger partial charge in [0, 0.05) is 31.7 Å². The molecule has 6 heteroatoms. The third-order valence-corrected chi connectivity index (χ3v) is 3.81. The Bertz CT molecular complexity index is 610. The molecule has 2 amide bonds. The van der Waals surface area contributed by atoms with Gasteiger partial charge in [-0.2, -0.15) is 0 Å². The standard InChI is InChI=1S/C17H23FN2O3/c1-4-19(11-17(2,3)23)16(22)13-10-12(7-8-14(13)18)20-9-5-6-15(20)21/h7-8,10,23H,4-6,9,11H2,1-3H3. The molecule has 0 spiro atoms. The quantitative estimate of drug-likeness (QED) is 0.904. The zero-order valence-electron chi connectivity index (χ0n) is 13.8. The van der Waals surface area contributed by atoms with Crippen LogP contribution in [0.2, 0.25) is 0 Å². The van der Waals surface area contributed by atoms with Crippen LogP contribution >= 0.6 is 0 Å². The molecule has 23 heavy (non-hydrogen) atoms. The van der Waals surface area contributed by atoms with E-state index in [1.165, 1.54) is 23.1 Å². The highest BCUT2D eigenvalue weighted by Crippen LogP contribution is 2.25. The monoisotopic (exact) mass is 322 g/mol. The van der Waals surface area contributed by atoms with Crippen molar-refractivity contribution in [2.75, 3.05) is 24.5 Å². The second-order valence-electron chi connectivity index (χ2n) is 6.44.